The lowest BCUT2D eigenvalue weighted by Crippen LogP contribution is -1.90. The number of fused-ring (bicyclic) bond motifs is 1. The minimum absolute atomic E-state index is 0.247. The van der Waals surface area contributed by atoms with E-state index in [2.05, 4.69) is 10.1 Å². The predicted molar refractivity (Wildman–Crippen MR) is 72.9 cm³/mol. The molecule has 0 unspecified atom stereocenters. The van der Waals surface area contributed by atoms with E-state index in [9.17, 15) is 0 Å². The number of hydrogen-bond donors (Lipinski definition) is 1. The Hall–Kier alpha value is -1.78. The molecule has 90 valence electrons. The molecule has 2 aromatic heterocycles. The molecule has 3 aromatic rings. The molecule has 0 amide bonds. The van der Waals surface area contributed by atoms with Gasteiger partial charge in [-0.2, -0.15) is 4.98 Å². The van der Waals surface area contributed by atoms with Crippen LogP contribution in [0.1, 0.15) is 0 Å². The number of nitrogens with two attached hydrogens (primary N) is 1. The molecule has 18 heavy (non-hydrogen) atoms. The molecule has 1 aromatic carbocycles. The first-order chi connectivity index (χ1) is 8.61. The van der Waals surface area contributed by atoms with Gasteiger partial charge in [0.05, 0.1) is 0 Å². The zero-order chi connectivity index (χ0) is 12.7. The predicted octanol–water partition coefficient (Wildman–Crippen LogP) is 3.29. The van der Waals surface area contributed by atoms with Crippen molar-refractivity contribution in [3.63, 3.8) is 0 Å². The molecular formula is C12H8Cl2N4. The van der Waals surface area contributed by atoms with E-state index in [4.69, 9.17) is 28.9 Å². The molecule has 0 atom stereocenters. The third-order valence-corrected chi connectivity index (χ3v) is 2.98. The van der Waals surface area contributed by atoms with E-state index >= 15 is 0 Å². The summed E-state index contributed by atoms with van der Waals surface area (Å²) in [5.74, 6) is 0.247. The molecule has 0 aliphatic carbocycles. The zero-order valence-corrected chi connectivity index (χ0v) is 10.7. The number of benzene rings is 1. The number of halogens is 2. The Morgan fingerprint density at radius 2 is 1.72 bits per heavy atom. The maximum absolute atomic E-state index is 5.98. The maximum Gasteiger partial charge on any atom is 0.240 e. The molecule has 2 N–H and O–H groups in total. The summed E-state index contributed by atoms with van der Waals surface area (Å²) in [7, 11) is 0. The van der Waals surface area contributed by atoms with Gasteiger partial charge in [-0.1, -0.05) is 23.2 Å². The van der Waals surface area contributed by atoms with Gasteiger partial charge in [0.2, 0.25) is 5.95 Å². The molecule has 0 aliphatic heterocycles. The molecule has 6 heteroatoms. The van der Waals surface area contributed by atoms with Crippen molar-refractivity contribution in [1.29, 1.82) is 0 Å². The quantitative estimate of drug-likeness (QED) is 0.743. The van der Waals surface area contributed by atoms with Gasteiger partial charge in [0.15, 0.2) is 5.65 Å². The van der Waals surface area contributed by atoms with Crippen molar-refractivity contribution in [2.45, 2.75) is 0 Å². The standard InChI is InChI=1S/C12H8Cl2N4/c13-9-3-8(4-10(14)5-9)7-1-2-11-16-12(15)17-18(11)6-7/h1-6H,(H2,15,17). The Labute approximate surface area is 113 Å². The highest BCUT2D eigenvalue weighted by atomic mass is 35.5. The van der Waals surface area contributed by atoms with Crippen molar-refractivity contribution in [2.75, 3.05) is 5.73 Å². The number of nitrogens with zero attached hydrogens (tertiary/aromatic N) is 3. The fraction of sp³-hybridized carbons (Fsp3) is 0. The number of hydrogen-bond acceptors (Lipinski definition) is 3. The minimum atomic E-state index is 0.247. The summed E-state index contributed by atoms with van der Waals surface area (Å²) in [6.45, 7) is 0. The Kier molecular flexibility index (Phi) is 2.61. The molecule has 0 fully saturated rings. The van der Waals surface area contributed by atoms with Gasteiger partial charge in [-0.05, 0) is 35.9 Å². The van der Waals surface area contributed by atoms with Gasteiger partial charge in [0.1, 0.15) is 0 Å². The largest absolute Gasteiger partial charge is 0.366 e. The molecule has 3 rings (SSSR count). The van der Waals surface area contributed by atoms with Crippen molar-refractivity contribution in [1.82, 2.24) is 14.6 Å². The summed E-state index contributed by atoms with van der Waals surface area (Å²) in [6, 6.07) is 9.14. The van der Waals surface area contributed by atoms with E-state index in [0.29, 0.717) is 15.7 Å². The highest BCUT2D eigenvalue weighted by molar-refractivity contribution is 6.35. The number of aromatic nitrogens is 3. The van der Waals surface area contributed by atoms with E-state index in [-0.39, 0.29) is 5.95 Å². The Bertz CT molecular complexity index is 716. The lowest BCUT2D eigenvalue weighted by atomic mass is 10.1. The van der Waals surface area contributed by atoms with Crippen LogP contribution < -0.4 is 5.73 Å². The van der Waals surface area contributed by atoms with E-state index in [1.165, 1.54) is 0 Å². The number of pyridine rings is 1. The van der Waals surface area contributed by atoms with Crippen LogP contribution in [0.5, 0.6) is 0 Å². The third kappa shape index (κ3) is 2.00. The monoisotopic (exact) mass is 278 g/mol. The summed E-state index contributed by atoms with van der Waals surface area (Å²) in [4.78, 5) is 4.06. The molecule has 0 aliphatic rings. The first-order valence-corrected chi connectivity index (χ1v) is 5.96. The normalized spacial score (nSPS) is 11.0. The van der Waals surface area contributed by atoms with Crippen LogP contribution in [0.15, 0.2) is 36.5 Å². The zero-order valence-electron chi connectivity index (χ0n) is 9.14. The highest BCUT2D eigenvalue weighted by Crippen LogP contribution is 2.27. The van der Waals surface area contributed by atoms with Gasteiger partial charge >= 0.3 is 0 Å². The molecule has 0 saturated heterocycles. The minimum Gasteiger partial charge on any atom is -0.366 e. The second-order valence-corrected chi connectivity index (χ2v) is 4.72. The Morgan fingerprint density at radius 1 is 1.00 bits per heavy atom. The molecule has 0 bridgehead atoms. The summed E-state index contributed by atoms with van der Waals surface area (Å²) in [5.41, 5.74) is 8.10. The van der Waals surface area contributed by atoms with Gasteiger partial charge in [0, 0.05) is 21.8 Å². The summed E-state index contributed by atoms with van der Waals surface area (Å²) in [6.07, 6.45) is 1.83. The fourth-order valence-electron chi connectivity index (χ4n) is 1.79. The lowest BCUT2D eigenvalue weighted by molar-refractivity contribution is 0.969. The maximum atomic E-state index is 5.98. The second-order valence-electron chi connectivity index (χ2n) is 3.85. The average Bonchev–Trinajstić information content (AvgIpc) is 2.66. The number of nitrogen functional groups attached to an aromatic ring is 1. The van der Waals surface area contributed by atoms with Gasteiger partial charge in [-0.15, -0.1) is 5.10 Å². The van der Waals surface area contributed by atoms with Crippen LogP contribution in [-0.2, 0) is 0 Å². The lowest BCUT2D eigenvalue weighted by Gasteiger charge is -2.03. The van der Waals surface area contributed by atoms with Crippen LogP contribution in [0.25, 0.3) is 16.8 Å². The third-order valence-electron chi connectivity index (χ3n) is 2.54. The molecule has 0 spiro atoms. The first-order valence-electron chi connectivity index (χ1n) is 5.20. The molecule has 0 radical (unpaired) electrons. The van der Waals surface area contributed by atoms with Gasteiger partial charge < -0.3 is 5.73 Å². The van der Waals surface area contributed by atoms with Crippen LogP contribution in [0.3, 0.4) is 0 Å². The molecular weight excluding hydrogens is 271 g/mol. The number of rotatable bonds is 1. The first kappa shape index (κ1) is 11.3. The Morgan fingerprint density at radius 3 is 2.44 bits per heavy atom. The van der Waals surface area contributed by atoms with Crippen molar-refractivity contribution >= 4 is 34.8 Å². The summed E-state index contributed by atoms with van der Waals surface area (Å²) < 4.78 is 1.62. The van der Waals surface area contributed by atoms with Crippen molar-refractivity contribution in [3.05, 3.63) is 46.6 Å². The fourth-order valence-corrected chi connectivity index (χ4v) is 2.32. The van der Waals surface area contributed by atoms with E-state index in [1.54, 1.807) is 10.6 Å². The van der Waals surface area contributed by atoms with Crippen molar-refractivity contribution in [2.24, 2.45) is 0 Å². The Balaban J connectivity index is 2.18. The molecule has 4 nitrogen and oxygen atoms in total. The van der Waals surface area contributed by atoms with E-state index in [1.807, 2.05) is 30.5 Å². The smallest absolute Gasteiger partial charge is 0.240 e. The summed E-state index contributed by atoms with van der Waals surface area (Å²) in [5, 5.41) is 5.25. The van der Waals surface area contributed by atoms with Crippen molar-refractivity contribution in [3.8, 4) is 11.1 Å². The molecule has 0 saturated carbocycles. The van der Waals surface area contributed by atoms with E-state index in [0.717, 1.165) is 11.1 Å². The average molecular weight is 279 g/mol. The van der Waals surface area contributed by atoms with Crippen molar-refractivity contribution < 1.29 is 0 Å². The molecule has 2 heterocycles. The topological polar surface area (TPSA) is 56.2 Å². The SMILES string of the molecule is Nc1nc2ccc(-c3cc(Cl)cc(Cl)c3)cn2n1. The highest BCUT2D eigenvalue weighted by Gasteiger charge is 2.05. The van der Waals surface area contributed by atoms with Crippen LogP contribution >= 0.6 is 23.2 Å². The second kappa shape index (κ2) is 4.15. The van der Waals surface area contributed by atoms with E-state index < -0.39 is 0 Å². The van der Waals surface area contributed by atoms with Gasteiger partial charge in [-0.25, -0.2) is 4.52 Å². The van der Waals surface area contributed by atoms with Gasteiger partial charge in [0.25, 0.3) is 0 Å². The van der Waals surface area contributed by atoms with Crippen LogP contribution in [0.4, 0.5) is 5.95 Å². The number of anilines is 1. The van der Waals surface area contributed by atoms with Crippen LogP contribution in [0, 0.1) is 0 Å². The summed E-state index contributed by atoms with van der Waals surface area (Å²) >= 11 is 12.0. The van der Waals surface area contributed by atoms with Crippen LogP contribution in [0.2, 0.25) is 10.0 Å². The van der Waals surface area contributed by atoms with Gasteiger partial charge in [-0.3, -0.25) is 0 Å². The van der Waals surface area contributed by atoms with Crippen LogP contribution in [-0.4, -0.2) is 14.6 Å².